The van der Waals surface area contributed by atoms with Gasteiger partial charge in [-0.15, -0.1) is 0 Å². The Morgan fingerprint density at radius 3 is 1.81 bits per heavy atom. The average Bonchev–Trinajstić information content (AvgIpc) is 2.78. The average molecular weight is 438 g/mol. The second-order valence-electron chi connectivity index (χ2n) is 7.63. The second kappa shape index (κ2) is 10.2. The van der Waals surface area contributed by atoms with Crippen LogP contribution < -0.4 is 15.4 Å². The monoisotopic (exact) mass is 437 g/mol. The number of urea groups is 1. The lowest BCUT2D eigenvalue weighted by molar-refractivity contribution is 0.251. The number of hydrogen-bond donors (Lipinski definition) is 3. The first-order valence-corrected chi connectivity index (χ1v) is 11.6. The quantitative estimate of drug-likeness (QED) is 0.484. The summed E-state index contributed by atoms with van der Waals surface area (Å²) in [5.74, 6) is 0.339. The molecule has 3 rings (SSSR count). The maximum absolute atomic E-state index is 13.1. The molecule has 7 heteroatoms. The first kappa shape index (κ1) is 22.5. The number of amides is 2. The number of carbonyl (C=O) groups excluding carboxylic acids is 1. The predicted octanol–water partition coefficient (Wildman–Crippen LogP) is 4.53. The van der Waals surface area contributed by atoms with Gasteiger partial charge in [-0.1, -0.05) is 74.5 Å². The number of nitrogens with one attached hydrogen (secondary N) is 3. The molecule has 2 amide bonds. The summed E-state index contributed by atoms with van der Waals surface area (Å²) >= 11 is 0. The molecular weight excluding hydrogens is 410 g/mol. The zero-order chi connectivity index (χ0) is 22.3. The van der Waals surface area contributed by atoms with Gasteiger partial charge in [0.25, 0.3) is 0 Å². The molecule has 0 aromatic heterocycles. The lowest BCUT2D eigenvalue weighted by atomic mass is 10.00. The molecule has 3 N–H and O–H groups in total. The summed E-state index contributed by atoms with van der Waals surface area (Å²) in [6.07, 6.45) is 0. The van der Waals surface area contributed by atoms with E-state index in [0.29, 0.717) is 18.2 Å². The van der Waals surface area contributed by atoms with Crippen LogP contribution in [0.25, 0.3) is 0 Å². The third-order valence-corrected chi connectivity index (χ3v) is 6.07. The SMILES string of the molecule is CC(C)CNC(=O)Nc1ccc(S(=O)(=O)NC(c2ccccc2)c2ccccc2)cc1. The molecule has 6 nitrogen and oxygen atoms in total. The Morgan fingerprint density at radius 1 is 0.806 bits per heavy atom. The molecule has 0 atom stereocenters. The summed E-state index contributed by atoms with van der Waals surface area (Å²) in [4.78, 5) is 12.0. The van der Waals surface area contributed by atoms with E-state index in [9.17, 15) is 13.2 Å². The van der Waals surface area contributed by atoms with Crippen LogP contribution in [0.1, 0.15) is 31.0 Å². The largest absolute Gasteiger partial charge is 0.338 e. The third-order valence-electron chi connectivity index (χ3n) is 4.63. The van der Waals surface area contributed by atoms with Crippen LogP contribution >= 0.6 is 0 Å². The molecule has 31 heavy (non-hydrogen) atoms. The molecule has 0 spiro atoms. The minimum absolute atomic E-state index is 0.123. The summed E-state index contributed by atoms with van der Waals surface area (Å²) in [6, 6.07) is 24.1. The zero-order valence-electron chi connectivity index (χ0n) is 17.6. The highest BCUT2D eigenvalue weighted by Gasteiger charge is 2.22. The molecule has 0 fully saturated rings. The summed E-state index contributed by atoms with van der Waals surface area (Å²) in [7, 11) is -3.80. The van der Waals surface area contributed by atoms with Crippen LogP contribution in [0.15, 0.2) is 89.8 Å². The normalized spacial score (nSPS) is 11.5. The van der Waals surface area contributed by atoms with Gasteiger partial charge in [0.1, 0.15) is 0 Å². The van der Waals surface area contributed by atoms with Crippen LogP contribution in [0, 0.1) is 5.92 Å². The predicted molar refractivity (Wildman–Crippen MR) is 123 cm³/mol. The van der Waals surface area contributed by atoms with Crippen molar-refractivity contribution in [2.75, 3.05) is 11.9 Å². The summed E-state index contributed by atoms with van der Waals surface area (Å²) < 4.78 is 29.0. The molecule has 0 saturated heterocycles. The van der Waals surface area contributed by atoms with Gasteiger partial charge in [0.05, 0.1) is 10.9 Å². The maximum atomic E-state index is 13.1. The Morgan fingerprint density at radius 2 is 1.32 bits per heavy atom. The minimum atomic E-state index is -3.80. The molecule has 3 aromatic rings. The summed E-state index contributed by atoms with van der Waals surface area (Å²) in [5, 5.41) is 5.46. The van der Waals surface area contributed by atoms with Crippen molar-refractivity contribution in [1.29, 1.82) is 0 Å². The molecule has 0 heterocycles. The van der Waals surface area contributed by atoms with Crippen molar-refractivity contribution in [2.24, 2.45) is 5.92 Å². The van der Waals surface area contributed by atoms with Gasteiger partial charge >= 0.3 is 6.03 Å². The van der Waals surface area contributed by atoms with Gasteiger partial charge in [0.15, 0.2) is 0 Å². The van der Waals surface area contributed by atoms with Gasteiger partial charge in [-0.2, -0.15) is 4.72 Å². The first-order valence-electron chi connectivity index (χ1n) is 10.1. The van der Waals surface area contributed by atoms with Gasteiger partial charge in [-0.05, 0) is 41.3 Å². The van der Waals surface area contributed by atoms with E-state index in [1.807, 2.05) is 74.5 Å². The van der Waals surface area contributed by atoms with Crippen LogP contribution in [0.4, 0.5) is 10.5 Å². The number of sulfonamides is 1. The smallest absolute Gasteiger partial charge is 0.319 e. The van der Waals surface area contributed by atoms with Crippen molar-refractivity contribution >= 4 is 21.7 Å². The number of hydrogen-bond acceptors (Lipinski definition) is 3. The molecule has 0 bridgehead atoms. The molecule has 162 valence electrons. The van der Waals surface area contributed by atoms with Crippen molar-refractivity contribution in [3.05, 3.63) is 96.1 Å². The lowest BCUT2D eigenvalue weighted by Crippen LogP contribution is -2.31. The number of anilines is 1. The highest BCUT2D eigenvalue weighted by atomic mass is 32.2. The van der Waals surface area contributed by atoms with E-state index in [2.05, 4.69) is 15.4 Å². The minimum Gasteiger partial charge on any atom is -0.338 e. The van der Waals surface area contributed by atoms with E-state index in [1.54, 1.807) is 12.1 Å². The lowest BCUT2D eigenvalue weighted by Gasteiger charge is -2.20. The molecule has 0 aliphatic rings. The molecule has 0 aliphatic carbocycles. The first-order chi connectivity index (χ1) is 14.8. The van der Waals surface area contributed by atoms with Gasteiger partial charge in [-0.3, -0.25) is 0 Å². The molecular formula is C24H27N3O3S. The van der Waals surface area contributed by atoms with Crippen LogP contribution in [0.2, 0.25) is 0 Å². The number of rotatable bonds is 8. The molecule has 3 aromatic carbocycles. The van der Waals surface area contributed by atoms with Crippen LogP contribution in [0.3, 0.4) is 0 Å². The van der Waals surface area contributed by atoms with Crippen molar-refractivity contribution in [3.63, 3.8) is 0 Å². The van der Waals surface area contributed by atoms with Gasteiger partial charge < -0.3 is 10.6 Å². The van der Waals surface area contributed by atoms with Crippen LogP contribution in [0.5, 0.6) is 0 Å². The molecule has 0 saturated carbocycles. The van der Waals surface area contributed by atoms with E-state index in [1.165, 1.54) is 12.1 Å². The van der Waals surface area contributed by atoms with Crippen molar-refractivity contribution < 1.29 is 13.2 Å². The summed E-state index contributed by atoms with van der Waals surface area (Å²) in [6.45, 7) is 4.57. The fourth-order valence-corrected chi connectivity index (χ4v) is 4.25. The molecule has 0 aliphatic heterocycles. The van der Waals surface area contributed by atoms with E-state index in [0.717, 1.165) is 11.1 Å². The maximum Gasteiger partial charge on any atom is 0.319 e. The van der Waals surface area contributed by atoms with Crippen molar-refractivity contribution in [3.8, 4) is 0 Å². The van der Waals surface area contributed by atoms with Crippen LogP contribution in [-0.4, -0.2) is 21.0 Å². The highest BCUT2D eigenvalue weighted by molar-refractivity contribution is 7.89. The number of benzene rings is 3. The Balaban J connectivity index is 1.77. The van der Waals surface area contributed by atoms with Gasteiger partial charge in [0, 0.05) is 12.2 Å². The van der Waals surface area contributed by atoms with E-state index in [4.69, 9.17) is 0 Å². The standard InChI is InChI=1S/C24H27N3O3S/c1-18(2)17-25-24(28)26-21-13-15-22(16-14-21)31(29,30)27-23(19-9-5-3-6-10-19)20-11-7-4-8-12-20/h3-16,18,23,27H,17H2,1-2H3,(H2,25,26,28). The van der Waals surface area contributed by atoms with E-state index in [-0.39, 0.29) is 10.9 Å². The van der Waals surface area contributed by atoms with E-state index >= 15 is 0 Å². The molecule has 0 unspecified atom stereocenters. The molecule has 0 radical (unpaired) electrons. The van der Waals surface area contributed by atoms with Crippen molar-refractivity contribution in [1.82, 2.24) is 10.0 Å². The Hall–Kier alpha value is -3.16. The van der Waals surface area contributed by atoms with Gasteiger partial charge in [-0.25, -0.2) is 13.2 Å². The third kappa shape index (κ3) is 6.41. The summed E-state index contributed by atoms with van der Waals surface area (Å²) in [5.41, 5.74) is 2.21. The zero-order valence-corrected chi connectivity index (χ0v) is 18.4. The van der Waals surface area contributed by atoms with Gasteiger partial charge in [0.2, 0.25) is 10.0 Å². The fraction of sp³-hybridized carbons (Fsp3) is 0.208. The number of carbonyl (C=O) groups is 1. The topological polar surface area (TPSA) is 87.3 Å². The van der Waals surface area contributed by atoms with Crippen molar-refractivity contribution in [2.45, 2.75) is 24.8 Å². The Bertz CT molecular complexity index is 1040. The second-order valence-corrected chi connectivity index (χ2v) is 9.34. The van der Waals surface area contributed by atoms with Crippen LogP contribution in [-0.2, 0) is 10.0 Å². The Kier molecular flexibility index (Phi) is 7.44. The van der Waals surface area contributed by atoms with E-state index < -0.39 is 16.1 Å². The fourth-order valence-electron chi connectivity index (χ4n) is 3.03. The highest BCUT2D eigenvalue weighted by Crippen LogP contribution is 2.25. The Labute approximate surface area is 183 Å².